The Labute approximate surface area is 58.8 Å². The van der Waals surface area contributed by atoms with Crippen molar-refractivity contribution in [2.24, 2.45) is 5.41 Å². The van der Waals surface area contributed by atoms with Gasteiger partial charge >= 0.3 is 0 Å². The lowest BCUT2D eigenvalue weighted by atomic mass is 9.88. The van der Waals surface area contributed by atoms with Gasteiger partial charge in [0.1, 0.15) is 0 Å². The van der Waals surface area contributed by atoms with Crippen molar-refractivity contribution in [1.82, 2.24) is 5.32 Å². The Morgan fingerprint density at radius 3 is 1.89 bits per heavy atom. The summed E-state index contributed by atoms with van der Waals surface area (Å²) < 4.78 is 0. The molecule has 0 aromatic carbocycles. The molecule has 0 fully saturated rings. The first-order valence-electron chi connectivity index (χ1n) is 3.52. The topological polar surface area (TPSA) is 12.0 Å². The molecule has 0 aliphatic rings. The summed E-state index contributed by atoms with van der Waals surface area (Å²) in [7, 11) is 0. The monoisotopic (exact) mass is 128 g/mol. The van der Waals surface area contributed by atoms with Gasteiger partial charge in [0.2, 0.25) is 0 Å². The van der Waals surface area contributed by atoms with E-state index < -0.39 is 0 Å². The molecule has 0 spiro atoms. The van der Waals surface area contributed by atoms with Crippen LogP contribution in [0.15, 0.2) is 0 Å². The first-order chi connectivity index (χ1) is 3.98. The molecule has 1 radical (unpaired) electrons. The maximum Gasteiger partial charge on any atom is 0.0193 e. The van der Waals surface area contributed by atoms with Gasteiger partial charge in [-0.15, -0.1) is 0 Å². The van der Waals surface area contributed by atoms with Crippen molar-refractivity contribution < 1.29 is 0 Å². The van der Waals surface area contributed by atoms with E-state index in [2.05, 4.69) is 33.0 Å². The van der Waals surface area contributed by atoms with Gasteiger partial charge in [-0.3, -0.25) is 0 Å². The van der Waals surface area contributed by atoms with Crippen molar-refractivity contribution in [3.05, 3.63) is 6.54 Å². The van der Waals surface area contributed by atoms with Gasteiger partial charge in [0.15, 0.2) is 0 Å². The van der Waals surface area contributed by atoms with Gasteiger partial charge < -0.3 is 5.32 Å². The first-order valence-corrected chi connectivity index (χ1v) is 3.52. The fourth-order valence-corrected chi connectivity index (χ4v) is 0.500. The summed E-state index contributed by atoms with van der Waals surface area (Å²) in [6.07, 6.45) is 0. The van der Waals surface area contributed by atoms with Crippen molar-refractivity contribution in [3.63, 3.8) is 0 Å². The molecule has 0 rings (SSSR count). The maximum absolute atomic E-state index is 3.26. The first kappa shape index (κ1) is 8.96. The second-order valence-corrected chi connectivity index (χ2v) is 3.54. The molecule has 1 atom stereocenters. The van der Waals surface area contributed by atoms with Gasteiger partial charge in [0.25, 0.3) is 0 Å². The maximum atomic E-state index is 3.26. The Hall–Kier alpha value is -0.0400. The van der Waals surface area contributed by atoms with Crippen LogP contribution in [-0.2, 0) is 0 Å². The Morgan fingerprint density at radius 2 is 1.78 bits per heavy atom. The fraction of sp³-hybridized carbons (Fsp3) is 0.875. The van der Waals surface area contributed by atoms with E-state index in [1.165, 1.54) is 0 Å². The van der Waals surface area contributed by atoms with E-state index in [1.807, 2.05) is 13.5 Å². The highest BCUT2D eigenvalue weighted by molar-refractivity contribution is 4.77. The molecule has 0 aliphatic carbocycles. The molecule has 1 unspecified atom stereocenters. The summed E-state index contributed by atoms with van der Waals surface area (Å²) in [6.45, 7) is 12.9. The van der Waals surface area contributed by atoms with Gasteiger partial charge in [-0.1, -0.05) is 20.8 Å². The molecule has 0 aliphatic heterocycles. The van der Waals surface area contributed by atoms with Crippen molar-refractivity contribution in [2.75, 3.05) is 0 Å². The number of hydrogen-bond acceptors (Lipinski definition) is 1. The Bertz CT molecular complexity index is 71.1. The van der Waals surface area contributed by atoms with Gasteiger partial charge in [-0.25, -0.2) is 0 Å². The molecule has 1 heteroatoms. The molecular formula is C8H18N. The molecule has 0 heterocycles. The van der Waals surface area contributed by atoms with E-state index in [0.29, 0.717) is 11.5 Å². The van der Waals surface area contributed by atoms with Crippen molar-refractivity contribution in [3.8, 4) is 0 Å². The third kappa shape index (κ3) is 3.52. The van der Waals surface area contributed by atoms with E-state index in [4.69, 9.17) is 0 Å². The summed E-state index contributed by atoms with van der Waals surface area (Å²) in [5.74, 6) is 0. The van der Waals surface area contributed by atoms with Crippen LogP contribution in [0.4, 0.5) is 0 Å². The lowest BCUT2D eigenvalue weighted by Gasteiger charge is -2.27. The zero-order valence-electron chi connectivity index (χ0n) is 7.15. The highest BCUT2D eigenvalue weighted by atomic mass is 14.9. The largest absolute Gasteiger partial charge is 0.310 e. The molecule has 55 valence electrons. The zero-order valence-corrected chi connectivity index (χ0v) is 7.15. The van der Waals surface area contributed by atoms with E-state index in [-0.39, 0.29) is 0 Å². The lowest BCUT2D eigenvalue weighted by Crippen LogP contribution is -2.35. The van der Waals surface area contributed by atoms with E-state index in [9.17, 15) is 0 Å². The van der Waals surface area contributed by atoms with Gasteiger partial charge in [0, 0.05) is 12.6 Å². The van der Waals surface area contributed by atoms with Crippen LogP contribution in [0.25, 0.3) is 0 Å². The van der Waals surface area contributed by atoms with Gasteiger partial charge in [-0.05, 0) is 19.3 Å². The molecule has 9 heavy (non-hydrogen) atoms. The van der Waals surface area contributed by atoms with Crippen LogP contribution >= 0.6 is 0 Å². The van der Waals surface area contributed by atoms with Crippen molar-refractivity contribution in [1.29, 1.82) is 0 Å². The third-order valence-electron chi connectivity index (χ3n) is 1.72. The SMILES string of the molecule is C[CH]NC(C)C(C)(C)C. The minimum absolute atomic E-state index is 0.368. The van der Waals surface area contributed by atoms with Crippen LogP contribution < -0.4 is 5.32 Å². The Kier molecular flexibility index (Phi) is 3.20. The molecule has 0 amide bonds. The van der Waals surface area contributed by atoms with Crippen LogP contribution in [0.2, 0.25) is 0 Å². The summed E-state index contributed by atoms with van der Waals surface area (Å²) in [6, 6.07) is 0.558. The summed E-state index contributed by atoms with van der Waals surface area (Å²) in [5.41, 5.74) is 0.368. The lowest BCUT2D eigenvalue weighted by molar-refractivity contribution is 0.301. The average Bonchev–Trinajstić information content (AvgIpc) is 1.64. The molecular weight excluding hydrogens is 110 g/mol. The normalized spacial score (nSPS) is 15.7. The fourth-order valence-electron chi connectivity index (χ4n) is 0.500. The second-order valence-electron chi connectivity index (χ2n) is 3.54. The van der Waals surface area contributed by atoms with E-state index >= 15 is 0 Å². The van der Waals surface area contributed by atoms with Gasteiger partial charge in [-0.2, -0.15) is 0 Å². The number of nitrogens with one attached hydrogen (secondary N) is 1. The minimum Gasteiger partial charge on any atom is -0.310 e. The molecule has 0 aromatic heterocycles. The highest BCUT2D eigenvalue weighted by Gasteiger charge is 2.17. The van der Waals surface area contributed by atoms with E-state index in [0.717, 1.165) is 0 Å². The summed E-state index contributed by atoms with van der Waals surface area (Å²) >= 11 is 0. The molecule has 0 saturated heterocycles. The molecule has 0 aromatic rings. The standard InChI is InChI=1S/C8H18N/c1-6-9-7(2)8(3,4)5/h6-7,9H,1-5H3. The van der Waals surface area contributed by atoms with Crippen LogP contribution in [0.5, 0.6) is 0 Å². The predicted octanol–water partition coefficient (Wildman–Crippen LogP) is 2.19. The molecule has 1 N–H and O–H groups in total. The number of rotatable bonds is 2. The van der Waals surface area contributed by atoms with Crippen LogP contribution in [-0.4, -0.2) is 6.04 Å². The van der Waals surface area contributed by atoms with Crippen molar-refractivity contribution >= 4 is 0 Å². The smallest absolute Gasteiger partial charge is 0.0193 e. The second kappa shape index (κ2) is 3.21. The Balaban J connectivity index is 3.59. The van der Waals surface area contributed by atoms with Gasteiger partial charge in [0.05, 0.1) is 0 Å². The van der Waals surface area contributed by atoms with Crippen LogP contribution in [0.1, 0.15) is 34.6 Å². The zero-order chi connectivity index (χ0) is 7.49. The molecule has 0 bridgehead atoms. The molecule has 1 nitrogen and oxygen atoms in total. The van der Waals surface area contributed by atoms with E-state index in [1.54, 1.807) is 0 Å². The quantitative estimate of drug-likeness (QED) is 0.601. The summed E-state index contributed by atoms with van der Waals surface area (Å²) in [4.78, 5) is 0. The third-order valence-corrected chi connectivity index (χ3v) is 1.72. The predicted molar refractivity (Wildman–Crippen MR) is 42.0 cm³/mol. The van der Waals surface area contributed by atoms with Crippen LogP contribution in [0.3, 0.4) is 0 Å². The average molecular weight is 128 g/mol. The molecule has 0 saturated carbocycles. The van der Waals surface area contributed by atoms with Crippen LogP contribution in [0, 0.1) is 12.0 Å². The highest BCUT2D eigenvalue weighted by Crippen LogP contribution is 2.18. The number of hydrogen-bond donors (Lipinski definition) is 1. The Morgan fingerprint density at radius 1 is 1.33 bits per heavy atom. The summed E-state index contributed by atoms with van der Waals surface area (Å²) in [5, 5.41) is 3.26. The van der Waals surface area contributed by atoms with Crippen molar-refractivity contribution in [2.45, 2.75) is 40.7 Å². The minimum atomic E-state index is 0.368.